The first-order valence-corrected chi connectivity index (χ1v) is 7.67. The molecule has 0 aliphatic carbocycles. The van der Waals surface area contributed by atoms with Gasteiger partial charge < -0.3 is 15.7 Å². The van der Waals surface area contributed by atoms with Crippen molar-refractivity contribution in [3.05, 3.63) is 29.8 Å². The van der Waals surface area contributed by atoms with Crippen LogP contribution >= 0.6 is 0 Å². The number of aliphatic hydroxyl groups is 1. The molecule has 0 spiro atoms. The third kappa shape index (κ3) is 5.40. The number of carbonyl (C=O) groups excluding carboxylic acids is 1. The molecule has 0 heterocycles. The molecule has 0 aromatic heterocycles. The lowest BCUT2D eigenvalue weighted by molar-refractivity contribution is 0.199. The normalized spacial score (nSPS) is 15.4. The highest BCUT2D eigenvalue weighted by molar-refractivity contribution is 7.84. The second kappa shape index (κ2) is 7.25. The number of anilines is 1. The van der Waals surface area contributed by atoms with E-state index < -0.39 is 16.9 Å². The van der Waals surface area contributed by atoms with Crippen LogP contribution < -0.4 is 10.6 Å². The maximum atomic E-state index is 11.6. The van der Waals surface area contributed by atoms with Gasteiger partial charge in [-0.1, -0.05) is 12.1 Å². The zero-order valence-corrected chi connectivity index (χ0v) is 12.2. The minimum Gasteiger partial charge on any atom is -0.389 e. The number of hydrogen-bond acceptors (Lipinski definition) is 3. The van der Waals surface area contributed by atoms with Crippen LogP contribution in [0, 0.1) is 0 Å². The lowest BCUT2D eigenvalue weighted by atomic mass is 10.1. The summed E-state index contributed by atoms with van der Waals surface area (Å²) < 4.78 is 11.1. The van der Waals surface area contributed by atoms with Gasteiger partial charge in [-0.3, -0.25) is 4.21 Å². The Balaban J connectivity index is 2.53. The summed E-state index contributed by atoms with van der Waals surface area (Å²) in [7, 11) is -0.959. The molecule has 2 amide bonds. The van der Waals surface area contributed by atoms with Gasteiger partial charge in [0.1, 0.15) is 0 Å². The average Bonchev–Trinajstić information content (AvgIpc) is 2.36. The van der Waals surface area contributed by atoms with Crippen molar-refractivity contribution < 1.29 is 14.1 Å². The highest BCUT2D eigenvalue weighted by atomic mass is 32.2. The smallest absolute Gasteiger partial charge is 0.319 e. The number of aliphatic hydroxyl groups excluding tert-OH is 1. The fraction of sp³-hybridized carbons (Fsp3) is 0.462. The first-order valence-electron chi connectivity index (χ1n) is 6.05. The molecule has 0 saturated heterocycles. The van der Waals surface area contributed by atoms with Crippen LogP contribution in [0.25, 0.3) is 0 Å². The number of carbonyl (C=O) groups is 1. The van der Waals surface area contributed by atoms with Crippen molar-refractivity contribution >= 4 is 22.5 Å². The largest absolute Gasteiger partial charge is 0.389 e. The number of amides is 2. The predicted molar refractivity (Wildman–Crippen MR) is 77.6 cm³/mol. The van der Waals surface area contributed by atoms with Crippen molar-refractivity contribution in [1.29, 1.82) is 0 Å². The van der Waals surface area contributed by atoms with Crippen molar-refractivity contribution in [2.45, 2.75) is 25.2 Å². The third-order valence-corrected chi connectivity index (χ3v) is 4.04. The van der Waals surface area contributed by atoms with Gasteiger partial charge in [0.05, 0.1) is 6.10 Å². The van der Waals surface area contributed by atoms with Crippen LogP contribution in [0.3, 0.4) is 0 Å². The quantitative estimate of drug-likeness (QED) is 0.769. The fourth-order valence-corrected chi connectivity index (χ4v) is 1.72. The summed E-state index contributed by atoms with van der Waals surface area (Å²) >= 11 is 0. The van der Waals surface area contributed by atoms with Crippen LogP contribution in [-0.4, -0.2) is 33.4 Å². The summed E-state index contributed by atoms with van der Waals surface area (Å²) in [5.41, 5.74) is 1.35. The molecule has 19 heavy (non-hydrogen) atoms. The average molecular weight is 284 g/mol. The zero-order chi connectivity index (χ0) is 14.4. The Hall–Kier alpha value is -1.40. The van der Waals surface area contributed by atoms with Gasteiger partial charge in [-0.2, -0.15) is 0 Å². The second-order valence-corrected chi connectivity index (χ2v) is 6.25. The Bertz CT molecular complexity index is 463. The van der Waals surface area contributed by atoms with E-state index in [9.17, 15) is 14.1 Å². The molecule has 0 aliphatic rings. The van der Waals surface area contributed by atoms with Gasteiger partial charge in [-0.05, 0) is 31.5 Å². The highest BCUT2D eigenvalue weighted by Gasteiger charge is 2.09. The molecule has 0 fully saturated rings. The standard InChI is InChI=1S/C13H20N2O3S/c1-9(19(3)18)8-14-13(17)15-12-6-4-5-11(7-12)10(2)16/h4-7,9-10,16H,8H2,1-3H3,(H2,14,15,17). The van der Waals surface area contributed by atoms with Crippen LogP contribution in [-0.2, 0) is 10.8 Å². The predicted octanol–water partition coefficient (Wildman–Crippen LogP) is 1.63. The van der Waals surface area contributed by atoms with E-state index in [4.69, 9.17) is 0 Å². The molecule has 0 radical (unpaired) electrons. The molecule has 0 aliphatic heterocycles. The van der Waals surface area contributed by atoms with E-state index in [2.05, 4.69) is 10.6 Å². The van der Waals surface area contributed by atoms with Gasteiger partial charge in [0.15, 0.2) is 0 Å². The number of nitrogens with one attached hydrogen (secondary N) is 2. The summed E-state index contributed by atoms with van der Waals surface area (Å²) in [6, 6.07) is 6.66. The van der Waals surface area contributed by atoms with Crippen LogP contribution in [0.15, 0.2) is 24.3 Å². The molecule has 1 aromatic carbocycles. The van der Waals surface area contributed by atoms with Crippen molar-refractivity contribution in [3.8, 4) is 0 Å². The molecule has 5 nitrogen and oxygen atoms in total. The number of benzene rings is 1. The van der Waals surface area contributed by atoms with Crippen LogP contribution in [0.5, 0.6) is 0 Å². The molecule has 6 heteroatoms. The third-order valence-electron chi connectivity index (χ3n) is 2.74. The van der Waals surface area contributed by atoms with Crippen molar-refractivity contribution in [2.24, 2.45) is 0 Å². The van der Waals surface area contributed by atoms with E-state index >= 15 is 0 Å². The first kappa shape index (κ1) is 15.7. The summed E-state index contributed by atoms with van der Waals surface area (Å²) in [6.45, 7) is 3.83. The van der Waals surface area contributed by atoms with Gasteiger partial charge in [-0.15, -0.1) is 0 Å². The van der Waals surface area contributed by atoms with Crippen LogP contribution in [0.2, 0.25) is 0 Å². The molecular weight excluding hydrogens is 264 g/mol. The van der Waals surface area contributed by atoms with Gasteiger partial charge >= 0.3 is 6.03 Å². The van der Waals surface area contributed by atoms with Crippen LogP contribution in [0.4, 0.5) is 10.5 Å². The minimum atomic E-state index is -0.959. The SMILES string of the molecule is CC(O)c1cccc(NC(=O)NCC(C)S(C)=O)c1. The monoisotopic (exact) mass is 284 g/mol. The number of urea groups is 1. The van der Waals surface area contributed by atoms with E-state index in [0.717, 1.165) is 5.56 Å². The fourth-order valence-electron chi connectivity index (χ4n) is 1.41. The zero-order valence-electron chi connectivity index (χ0n) is 11.3. The maximum absolute atomic E-state index is 11.6. The summed E-state index contributed by atoms with van der Waals surface area (Å²) in [4.78, 5) is 11.6. The Morgan fingerprint density at radius 1 is 1.42 bits per heavy atom. The highest BCUT2D eigenvalue weighted by Crippen LogP contribution is 2.16. The second-order valence-electron chi connectivity index (χ2n) is 4.45. The molecule has 0 bridgehead atoms. The topological polar surface area (TPSA) is 78.4 Å². The van der Waals surface area contributed by atoms with Gasteiger partial charge in [-0.25, -0.2) is 4.79 Å². The summed E-state index contributed by atoms with van der Waals surface area (Å²) in [6.07, 6.45) is 1.03. The van der Waals surface area contributed by atoms with Crippen LogP contribution in [0.1, 0.15) is 25.5 Å². The molecule has 1 aromatic rings. The minimum absolute atomic E-state index is 0.0884. The Morgan fingerprint density at radius 3 is 2.68 bits per heavy atom. The van der Waals surface area contributed by atoms with Crippen molar-refractivity contribution in [1.82, 2.24) is 5.32 Å². The van der Waals surface area contributed by atoms with E-state index in [1.807, 2.05) is 6.92 Å². The maximum Gasteiger partial charge on any atom is 0.319 e. The molecule has 106 valence electrons. The Kier molecular flexibility index (Phi) is 5.98. The number of rotatable bonds is 5. The Morgan fingerprint density at radius 2 is 2.11 bits per heavy atom. The van der Waals surface area contributed by atoms with Gasteiger partial charge in [0.2, 0.25) is 0 Å². The van der Waals surface area contributed by atoms with Gasteiger partial charge in [0.25, 0.3) is 0 Å². The molecule has 1 rings (SSSR count). The van der Waals surface area contributed by atoms with E-state index in [1.165, 1.54) is 0 Å². The Labute approximate surface area is 115 Å². The lowest BCUT2D eigenvalue weighted by Crippen LogP contribution is -2.35. The van der Waals surface area contributed by atoms with Crippen molar-refractivity contribution in [3.63, 3.8) is 0 Å². The summed E-state index contributed by atoms with van der Waals surface area (Å²) in [5, 5.41) is 14.7. The van der Waals surface area contributed by atoms with E-state index in [-0.39, 0.29) is 11.3 Å². The molecule has 3 atom stereocenters. The van der Waals surface area contributed by atoms with E-state index in [1.54, 1.807) is 37.4 Å². The first-order chi connectivity index (χ1) is 8.90. The van der Waals surface area contributed by atoms with E-state index in [0.29, 0.717) is 12.2 Å². The molecule has 3 unspecified atom stereocenters. The lowest BCUT2D eigenvalue weighted by Gasteiger charge is -2.12. The van der Waals surface area contributed by atoms with Crippen molar-refractivity contribution in [2.75, 3.05) is 18.1 Å². The number of hydrogen-bond donors (Lipinski definition) is 3. The van der Waals surface area contributed by atoms with Gasteiger partial charge in [0, 0.05) is 34.5 Å². The molecule has 3 N–H and O–H groups in total. The molecular formula is C13H20N2O3S. The summed E-state index contributed by atoms with van der Waals surface area (Å²) in [5.74, 6) is 0. The molecule has 0 saturated carbocycles.